The summed E-state index contributed by atoms with van der Waals surface area (Å²) in [5, 5.41) is 15.9. The van der Waals surface area contributed by atoms with Crippen molar-refractivity contribution >= 4 is 34.1 Å². The molecule has 1 aliphatic carbocycles. The van der Waals surface area contributed by atoms with Crippen LogP contribution in [0.3, 0.4) is 0 Å². The van der Waals surface area contributed by atoms with Gasteiger partial charge in [-0.3, -0.25) is 10.1 Å². The molecule has 0 saturated heterocycles. The van der Waals surface area contributed by atoms with Crippen molar-refractivity contribution in [1.29, 1.82) is 0 Å². The number of aromatic amines is 1. The first-order valence-corrected chi connectivity index (χ1v) is 11.3. The third kappa shape index (κ3) is 4.15. The van der Waals surface area contributed by atoms with Gasteiger partial charge in [0.25, 0.3) is 0 Å². The van der Waals surface area contributed by atoms with Crippen LogP contribution in [0.5, 0.6) is 0 Å². The van der Waals surface area contributed by atoms with Gasteiger partial charge in [0, 0.05) is 18.5 Å². The Morgan fingerprint density at radius 2 is 1.88 bits per heavy atom. The molecule has 0 aliphatic heterocycles. The summed E-state index contributed by atoms with van der Waals surface area (Å²) in [5.74, 6) is -1.04. The molecule has 4 aromatic rings. The minimum atomic E-state index is -0.986. The van der Waals surface area contributed by atoms with Gasteiger partial charge in [-0.25, -0.2) is 4.79 Å². The van der Waals surface area contributed by atoms with E-state index in [0.717, 1.165) is 52.3 Å². The third-order valence-corrected chi connectivity index (χ3v) is 6.51. The van der Waals surface area contributed by atoms with Crippen molar-refractivity contribution in [3.63, 3.8) is 0 Å². The molecule has 1 fully saturated rings. The number of carbonyl (C=O) groups is 1. The standard InChI is InChI=1S/C28H24FN3O2/c1-17-16-30-14-13-22(17)27(19-3-2-4-19)26(20-8-5-18(6-9-20)7-12-25(33)34)21-10-11-24-23(15-21)28(29)32-31-24/h5-16,19H,2-4H2,1H3,(H,31,32)(H,33,34)/b12-7+,27-26+. The highest BCUT2D eigenvalue weighted by atomic mass is 19.1. The Balaban J connectivity index is 1.76. The van der Waals surface area contributed by atoms with Crippen LogP contribution in [0.1, 0.15) is 47.1 Å². The Hall–Kier alpha value is -4.06. The van der Waals surface area contributed by atoms with Crippen LogP contribution in [-0.4, -0.2) is 26.3 Å². The second-order valence-corrected chi connectivity index (χ2v) is 8.67. The first-order valence-electron chi connectivity index (χ1n) is 11.3. The molecule has 2 heterocycles. The Labute approximate surface area is 196 Å². The van der Waals surface area contributed by atoms with E-state index in [4.69, 9.17) is 5.11 Å². The molecule has 0 amide bonds. The fourth-order valence-corrected chi connectivity index (χ4v) is 4.57. The minimum Gasteiger partial charge on any atom is -0.478 e. The number of halogens is 1. The summed E-state index contributed by atoms with van der Waals surface area (Å²) in [5.41, 5.74) is 7.83. The number of fused-ring (bicyclic) bond motifs is 1. The number of aryl methyl sites for hydroxylation is 1. The van der Waals surface area contributed by atoms with E-state index in [0.29, 0.717) is 16.8 Å². The topological polar surface area (TPSA) is 78.9 Å². The van der Waals surface area contributed by atoms with Crippen molar-refractivity contribution in [1.82, 2.24) is 15.2 Å². The summed E-state index contributed by atoms with van der Waals surface area (Å²) in [6.45, 7) is 2.07. The number of aliphatic carboxylic acids is 1. The maximum atomic E-state index is 14.4. The zero-order chi connectivity index (χ0) is 23.7. The largest absolute Gasteiger partial charge is 0.478 e. The number of nitrogens with one attached hydrogen (secondary N) is 1. The van der Waals surface area contributed by atoms with Gasteiger partial charge in [0.05, 0.1) is 10.9 Å². The molecule has 5 rings (SSSR count). The molecule has 2 aromatic carbocycles. The minimum absolute atomic E-state index is 0.396. The van der Waals surface area contributed by atoms with E-state index in [1.165, 1.54) is 12.0 Å². The van der Waals surface area contributed by atoms with Gasteiger partial charge in [-0.2, -0.15) is 9.49 Å². The van der Waals surface area contributed by atoms with Crippen LogP contribution in [0.25, 0.3) is 28.1 Å². The van der Waals surface area contributed by atoms with Crippen molar-refractivity contribution in [2.24, 2.45) is 5.92 Å². The third-order valence-electron chi connectivity index (χ3n) is 6.51. The number of hydrogen-bond donors (Lipinski definition) is 2. The van der Waals surface area contributed by atoms with Gasteiger partial charge in [-0.1, -0.05) is 36.8 Å². The highest BCUT2D eigenvalue weighted by Crippen LogP contribution is 2.46. The van der Waals surface area contributed by atoms with Crippen molar-refractivity contribution in [2.75, 3.05) is 0 Å². The van der Waals surface area contributed by atoms with Gasteiger partial charge in [-0.15, -0.1) is 0 Å². The second kappa shape index (κ2) is 9.06. The van der Waals surface area contributed by atoms with E-state index < -0.39 is 11.9 Å². The molecule has 1 saturated carbocycles. The summed E-state index contributed by atoms with van der Waals surface area (Å²) in [4.78, 5) is 15.2. The highest BCUT2D eigenvalue weighted by Gasteiger charge is 2.28. The van der Waals surface area contributed by atoms with Crippen LogP contribution < -0.4 is 0 Å². The summed E-state index contributed by atoms with van der Waals surface area (Å²) in [6, 6.07) is 15.6. The molecule has 6 heteroatoms. The van der Waals surface area contributed by atoms with Crippen molar-refractivity contribution in [3.8, 4) is 0 Å². The van der Waals surface area contributed by atoms with E-state index in [1.54, 1.807) is 6.08 Å². The van der Waals surface area contributed by atoms with Gasteiger partial charge in [0.2, 0.25) is 5.95 Å². The summed E-state index contributed by atoms with van der Waals surface area (Å²) in [7, 11) is 0. The molecule has 0 bridgehead atoms. The van der Waals surface area contributed by atoms with Crippen LogP contribution in [0.2, 0.25) is 0 Å². The summed E-state index contributed by atoms with van der Waals surface area (Å²) >= 11 is 0. The van der Waals surface area contributed by atoms with Gasteiger partial charge in [-0.05, 0) is 88.9 Å². The lowest BCUT2D eigenvalue weighted by molar-refractivity contribution is -0.131. The van der Waals surface area contributed by atoms with E-state index in [9.17, 15) is 9.18 Å². The molecule has 0 spiro atoms. The fourth-order valence-electron chi connectivity index (χ4n) is 4.57. The van der Waals surface area contributed by atoms with Crippen molar-refractivity contribution in [2.45, 2.75) is 26.2 Å². The zero-order valence-electron chi connectivity index (χ0n) is 18.8. The molecule has 0 radical (unpaired) electrons. The zero-order valence-corrected chi connectivity index (χ0v) is 18.8. The number of carboxylic acid groups (broad SMARTS) is 1. The Kier molecular flexibility index (Phi) is 5.80. The Morgan fingerprint density at radius 1 is 1.12 bits per heavy atom. The number of nitrogens with zero attached hydrogens (tertiary/aromatic N) is 2. The predicted molar refractivity (Wildman–Crippen MR) is 131 cm³/mol. The first-order chi connectivity index (χ1) is 16.5. The number of rotatable bonds is 6. The lowest BCUT2D eigenvalue weighted by Gasteiger charge is -2.32. The van der Waals surface area contributed by atoms with Crippen LogP contribution >= 0.6 is 0 Å². The molecular formula is C28H24FN3O2. The Bertz CT molecular complexity index is 1430. The van der Waals surface area contributed by atoms with E-state index >= 15 is 0 Å². The van der Waals surface area contributed by atoms with Gasteiger partial charge < -0.3 is 5.11 Å². The average molecular weight is 454 g/mol. The van der Waals surface area contributed by atoms with Gasteiger partial charge in [0.1, 0.15) is 0 Å². The van der Waals surface area contributed by atoms with Crippen molar-refractivity contribution < 1.29 is 14.3 Å². The summed E-state index contributed by atoms with van der Waals surface area (Å²) < 4.78 is 14.4. The van der Waals surface area contributed by atoms with Gasteiger partial charge >= 0.3 is 5.97 Å². The number of pyridine rings is 1. The quantitative estimate of drug-likeness (QED) is 0.338. The maximum absolute atomic E-state index is 14.4. The SMILES string of the molecule is Cc1cnccc1/C(=C(\c1ccc(/C=C/C(=O)O)cc1)c1ccc2n[nH]c(F)c2c1)C1CCC1. The fraction of sp³-hybridized carbons (Fsp3) is 0.179. The number of benzene rings is 2. The summed E-state index contributed by atoms with van der Waals surface area (Å²) in [6.07, 6.45) is 9.77. The lowest BCUT2D eigenvalue weighted by atomic mass is 9.72. The number of allylic oxidation sites excluding steroid dienone is 1. The molecule has 0 atom stereocenters. The monoisotopic (exact) mass is 453 g/mol. The predicted octanol–water partition coefficient (Wildman–Crippen LogP) is 6.26. The number of hydrogen-bond acceptors (Lipinski definition) is 3. The van der Waals surface area contributed by atoms with E-state index in [2.05, 4.69) is 28.2 Å². The van der Waals surface area contributed by atoms with Crippen LogP contribution in [0.4, 0.5) is 4.39 Å². The van der Waals surface area contributed by atoms with E-state index in [1.807, 2.05) is 54.9 Å². The van der Waals surface area contributed by atoms with Crippen molar-refractivity contribution in [3.05, 3.63) is 101 Å². The molecule has 1 aliphatic rings. The molecule has 0 unspecified atom stereocenters. The molecule has 170 valence electrons. The first kappa shape index (κ1) is 21.8. The van der Waals surface area contributed by atoms with Gasteiger partial charge in [0.15, 0.2) is 0 Å². The highest BCUT2D eigenvalue weighted by molar-refractivity contribution is 6.01. The number of H-pyrrole nitrogens is 1. The molecule has 2 N–H and O–H groups in total. The average Bonchev–Trinajstić information content (AvgIpc) is 3.17. The van der Waals surface area contributed by atoms with Crippen LogP contribution in [-0.2, 0) is 4.79 Å². The molecule has 2 aromatic heterocycles. The van der Waals surface area contributed by atoms with E-state index in [-0.39, 0.29) is 0 Å². The lowest BCUT2D eigenvalue weighted by Crippen LogP contribution is -2.16. The second-order valence-electron chi connectivity index (χ2n) is 8.67. The number of aromatic nitrogens is 3. The normalized spacial score (nSPS) is 14.9. The molecule has 34 heavy (non-hydrogen) atoms. The number of carboxylic acids is 1. The van der Waals surface area contributed by atoms with Crippen LogP contribution in [0, 0.1) is 18.8 Å². The Morgan fingerprint density at radius 3 is 2.56 bits per heavy atom. The maximum Gasteiger partial charge on any atom is 0.328 e. The van der Waals surface area contributed by atoms with Crippen LogP contribution in [0.15, 0.2) is 67.0 Å². The molecule has 5 nitrogen and oxygen atoms in total. The smallest absolute Gasteiger partial charge is 0.328 e. The molecular weight excluding hydrogens is 429 g/mol.